The van der Waals surface area contributed by atoms with Crippen molar-refractivity contribution >= 4 is 11.6 Å². The Balaban J connectivity index is 2.41. The van der Waals surface area contributed by atoms with E-state index in [0.717, 1.165) is 33.9 Å². The maximum absolute atomic E-state index is 6.30. The van der Waals surface area contributed by atoms with Gasteiger partial charge in [0.05, 0.1) is 25.4 Å². The highest BCUT2D eigenvalue weighted by Crippen LogP contribution is 2.39. The Morgan fingerprint density at radius 2 is 2.00 bits per heavy atom. The summed E-state index contributed by atoms with van der Waals surface area (Å²) in [4.78, 5) is 0. The molecular formula is C14H19ClO3. The molecule has 0 aromatic heterocycles. The third kappa shape index (κ3) is 2.63. The SMILES string of the molecule is CCCOc1cc(C)c(Cl)c(C)c1C1OCCO1. The van der Waals surface area contributed by atoms with Gasteiger partial charge in [-0.1, -0.05) is 18.5 Å². The zero-order valence-corrected chi connectivity index (χ0v) is 11.8. The number of hydrogen-bond acceptors (Lipinski definition) is 3. The third-order valence-electron chi connectivity index (χ3n) is 3.01. The molecule has 0 spiro atoms. The fraction of sp³-hybridized carbons (Fsp3) is 0.571. The predicted molar refractivity (Wildman–Crippen MR) is 71.4 cm³/mol. The van der Waals surface area contributed by atoms with Crippen LogP contribution in [0.4, 0.5) is 0 Å². The van der Waals surface area contributed by atoms with E-state index in [-0.39, 0.29) is 6.29 Å². The first kappa shape index (κ1) is 13.7. The lowest BCUT2D eigenvalue weighted by Crippen LogP contribution is -2.07. The topological polar surface area (TPSA) is 27.7 Å². The average molecular weight is 271 g/mol. The van der Waals surface area contributed by atoms with Crippen LogP contribution in [0.3, 0.4) is 0 Å². The number of halogens is 1. The van der Waals surface area contributed by atoms with E-state index in [1.807, 2.05) is 19.9 Å². The van der Waals surface area contributed by atoms with E-state index in [1.54, 1.807) is 0 Å². The van der Waals surface area contributed by atoms with Gasteiger partial charge in [-0.15, -0.1) is 0 Å². The van der Waals surface area contributed by atoms with Crippen LogP contribution < -0.4 is 4.74 Å². The highest BCUT2D eigenvalue weighted by molar-refractivity contribution is 6.32. The monoisotopic (exact) mass is 270 g/mol. The number of hydrogen-bond donors (Lipinski definition) is 0. The van der Waals surface area contributed by atoms with Gasteiger partial charge >= 0.3 is 0 Å². The summed E-state index contributed by atoms with van der Waals surface area (Å²) in [6.45, 7) is 7.95. The molecule has 3 nitrogen and oxygen atoms in total. The normalized spacial score (nSPS) is 16.2. The molecular weight excluding hydrogens is 252 g/mol. The van der Waals surface area contributed by atoms with Crippen LogP contribution in [0.15, 0.2) is 6.07 Å². The molecule has 100 valence electrons. The minimum absolute atomic E-state index is 0.352. The number of benzene rings is 1. The van der Waals surface area contributed by atoms with Crippen molar-refractivity contribution in [3.63, 3.8) is 0 Å². The molecule has 2 rings (SSSR count). The molecule has 1 aliphatic rings. The van der Waals surface area contributed by atoms with Crippen LogP contribution in [0.1, 0.15) is 36.3 Å². The Morgan fingerprint density at radius 1 is 1.33 bits per heavy atom. The summed E-state index contributed by atoms with van der Waals surface area (Å²) in [6, 6.07) is 1.96. The quantitative estimate of drug-likeness (QED) is 0.833. The molecule has 0 bridgehead atoms. The molecule has 0 radical (unpaired) electrons. The second-order valence-electron chi connectivity index (χ2n) is 4.47. The molecule has 0 saturated carbocycles. The van der Waals surface area contributed by atoms with Gasteiger partial charge in [0.25, 0.3) is 0 Å². The van der Waals surface area contributed by atoms with Gasteiger partial charge < -0.3 is 14.2 Å². The molecule has 1 saturated heterocycles. The summed E-state index contributed by atoms with van der Waals surface area (Å²) in [6.07, 6.45) is 0.613. The Bertz CT molecular complexity index is 426. The standard InChI is InChI=1S/C14H19ClO3/c1-4-5-16-11-8-9(2)13(15)10(3)12(11)14-17-6-7-18-14/h8,14H,4-7H2,1-3H3. The minimum Gasteiger partial charge on any atom is -0.493 e. The summed E-state index contributed by atoms with van der Waals surface area (Å²) in [5, 5.41) is 0.757. The highest BCUT2D eigenvalue weighted by atomic mass is 35.5. The lowest BCUT2D eigenvalue weighted by atomic mass is 10.0. The van der Waals surface area contributed by atoms with E-state index in [4.69, 9.17) is 25.8 Å². The fourth-order valence-corrected chi connectivity index (χ4v) is 2.24. The van der Waals surface area contributed by atoms with Crippen LogP contribution in [0.25, 0.3) is 0 Å². The molecule has 18 heavy (non-hydrogen) atoms. The van der Waals surface area contributed by atoms with Gasteiger partial charge in [0, 0.05) is 5.02 Å². The smallest absolute Gasteiger partial charge is 0.187 e. The largest absolute Gasteiger partial charge is 0.493 e. The maximum atomic E-state index is 6.30. The zero-order chi connectivity index (χ0) is 13.1. The van der Waals surface area contributed by atoms with Crippen molar-refractivity contribution in [1.82, 2.24) is 0 Å². The van der Waals surface area contributed by atoms with Crippen molar-refractivity contribution < 1.29 is 14.2 Å². The van der Waals surface area contributed by atoms with E-state index in [9.17, 15) is 0 Å². The van der Waals surface area contributed by atoms with Crippen LogP contribution in [-0.2, 0) is 9.47 Å². The van der Waals surface area contributed by atoms with Crippen molar-refractivity contribution in [2.75, 3.05) is 19.8 Å². The number of rotatable bonds is 4. The zero-order valence-electron chi connectivity index (χ0n) is 11.1. The third-order valence-corrected chi connectivity index (χ3v) is 3.59. The van der Waals surface area contributed by atoms with Crippen molar-refractivity contribution in [3.8, 4) is 5.75 Å². The van der Waals surface area contributed by atoms with Crippen LogP contribution in [0.2, 0.25) is 5.02 Å². The first-order valence-corrected chi connectivity index (χ1v) is 6.68. The summed E-state index contributed by atoms with van der Waals surface area (Å²) in [5.74, 6) is 0.822. The van der Waals surface area contributed by atoms with Gasteiger partial charge in [-0.3, -0.25) is 0 Å². The minimum atomic E-state index is -0.352. The second-order valence-corrected chi connectivity index (χ2v) is 4.84. The summed E-state index contributed by atoms with van der Waals surface area (Å²) in [7, 11) is 0. The second kappa shape index (κ2) is 5.91. The lowest BCUT2D eigenvalue weighted by Gasteiger charge is -2.20. The van der Waals surface area contributed by atoms with E-state index in [0.29, 0.717) is 19.8 Å². The molecule has 0 atom stereocenters. The molecule has 0 unspecified atom stereocenters. The molecule has 1 aromatic carbocycles. The Labute approximate surface area is 113 Å². The molecule has 0 aliphatic carbocycles. The summed E-state index contributed by atoms with van der Waals surface area (Å²) in [5.41, 5.74) is 2.92. The van der Waals surface area contributed by atoms with Gasteiger partial charge in [0.1, 0.15) is 5.75 Å². The predicted octanol–water partition coefficient (Wildman–Crippen LogP) is 3.79. The Kier molecular flexibility index (Phi) is 4.49. The number of ether oxygens (including phenoxy) is 3. The first-order chi connectivity index (χ1) is 8.65. The Morgan fingerprint density at radius 3 is 2.61 bits per heavy atom. The van der Waals surface area contributed by atoms with Crippen molar-refractivity contribution in [3.05, 3.63) is 27.8 Å². The molecule has 1 fully saturated rings. The summed E-state index contributed by atoms with van der Waals surface area (Å²) >= 11 is 6.30. The van der Waals surface area contributed by atoms with Gasteiger partial charge in [-0.25, -0.2) is 0 Å². The van der Waals surface area contributed by atoms with Crippen LogP contribution in [0.5, 0.6) is 5.75 Å². The first-order valence-electron chi connectivity index (χ1n) is 6.30. The van der Waals surface area contributed by atoms with Crippen LogP contribution in [0, 0.1) is 13.8 Å². The van der Waals surface area contributed by atoms with E-state index >= 15 is 0 Å². The number of aryl methyl sites for hydroxylation is 1. The van der Waals surface area contributed by atoms with Gasteiger partial charge in [0.15, 0.2) is 6.29 Å². The molecule has 1 heterocycles. The molecule has 1 aliphatic heterocycles. The summed E-state index contributed by atoms with van der Waals surface area (Å²) < 4.78 is 16.9. The van der Waals surface area contributed by atoms with Crippen LogP contribution in [-0.4, -0.2) is 19.8 Å². The van der Waals surface area contributed by atoms with E-state index in [2.05, 4.69) is 6.92 Å². The Hall–Kier alpha value is -0.770. The molecule has 1 aromatic rings. The van der Waals surface area contributed by atoms with E-state index < -0.39 is 0 Å². The lowest BCUT2D eigenvalue weighted by molar-refractivity contribution is -0.0462. The molecule has 4 heteroatoms. The van der Waals surface area contributed by atoms with Crippen LogP contribution >= 0.6 is 11.6 Å². The maximum Gasteiger partial charge on any atom is 0.187 e. The molecule has 0 N–H and O–H groups in total. The van der Waals surface area contributed by atoms with Gasteiger partial charge in [-0.05, 0) is 37.5 Å². The van der Waals surface area contributed by atoms with Crippen molar-refractivity contribution in [2.45, 2.75) is 33.5 Å². The van der Waals surface area contributed by atoms with Gasteiger partial charge in [-0.2, -0.15) is 0 Å². The van der Waals surface area contributed by atoms with Gasteiger partial charge in [0.2, 0.25) is 0 Å². The van der Waals surface area contributed by atoms with Crippen molar-refractivity contribution in [1.29, 1.82) is 0 Å². The van der Waals surface area contributed by atoms with Crippen molar-refractivity contribution in [2.24, 2.45) is 0 Å². The molecule has 0 amide bonds. The van der Waals surface area contributed by atoms with E-state index in [1.165, 1.54) is 0 Å². The fourth-order valence-electron chi connectivity index (χ4n) is 2.09. The highest BCUT2D eigenvalue weighted by Gasteiger charge is 2.26. The average Bonchev–Trinajstić information content (AvgIpc) is 2.87.